The molecule has 118 valence electrons. The lowest BCUT2D eigenvalue weighted by Gasteiger charge is -2.24. The number of anilines is 1. The molecule has 0 radical (unpaired) electrons. The van der Waals surface area contributed by atoms with Gasteiger partial charge in [-0.2, -0.15) is 0 Å². The summed E-state index contributed by atoms with van der Waals surface area (Å²) in [6.45, 7) is 1.83. The molecule has 1 aliphatic carbocycles. The molecule has 1 N–H and O–H groups in total. The summed E-state index contributed by atoms with van der Waals surface area (Å²) in [5.74, 6) is -0.292. The molecule has 1 aliphatic rings. The van der Waals surface area contributed by atoms with Gasteiger partial charge in [0.15, 0.2) is 0 Å². The lowest BCUT2D eigenvalue weighted by atomic mass is 9.82. The number of non-ortho nitro benzene ring substituents is 1. The van der Waals surface area contributed by atoms with Crippen LogP contribution in [0.25, 0.3) is 0 Å². The van der Waals surface area contributed by atoms with Crippen LogP contribution >= 0.6 is 0 Å². The molecule has 0 aliphatic heterocycles. The fourth-order valence-electron chi connectivity index (χ4n) is 3.10. The molecule has 0 aromatic heterocycles. The average molecular weight is 310 g/mol. The van der Waals surface area contributed by atoms with Crippen LogP contribution in [0.15, 0.2) is 42.5 Å². The maximum Gasteiger partial charge on any atom is 0.271 e. The van der Waals surface area contributed by atoms with Crippen molar-refractivity contribution in [1.82, 2.24) is 0 Å². The first-order valence-electron chi connectivity index (χ1n) is 7.70. The highest BCUT2D eigenvalue weighted by atomic mass is 16.6. The highest BCUT2D eigenvalue weighted by Gasteiger charge is 2.26. The van der Waals surface area contributed by atoms with Gasteiger partial charge in [-0.3, -0.25) is 14.9 Å². The molecule has 0 saturated heterocycles. The minimum atomic E-state index is -0.453. The first-order chi connectivity index (χ1) is 11.1. The molecule has 23 heavy (non-hydrogen) atoms. The largest absolute Gasteiger partial charge is 0.325 e. The van der Waals surface area contributed by atoms with Crippen LogP contribution in [-0.2, 0) is 11.2 Å². The second kappa shape index (κ2) is 6.20. The SMILES string of the molecule is Cc1ccc([N+](=O)[O-])cc1NC(=O)C1CCCc2ccccc21. The second-order valence-electron chi connectivity index (χ2n) is 5.89. The van der Waals surface area contributed by atoms with Gasteiger partial charge in [0.05, 0.1) is 16.5 Å². The Morgan fingerprint density at radius 2 is 2.04 bits per heavy atom. The number of hydrogen-bond acceptors (Lipinski definition) is 3. The van der Waals surface area contributed by atoms with Crippen LogP contribution in [0.1, 0.15) is 35.4 Å². The highest BCUT2D eigenvalue weighted by molar-refractivity contribution is 5.97. The van der Waals surface area contributed by atoms with E-state index in [1.807, 2.05) is 25.1 Å². The van der Waals surface area contributed by atoms with Crippen molar-refractivity contribution in [1.29, 1.82) is 0 Å². The Balaban J connectivity index is 1.86. The Hall–Kier alpha value is -2.69. The Labute approximate surface area is 134 Å². The van der Waals surface area contributed by atoms with Gasteiger partial charge in [0.25, 0.3) is 5.69 Å². The highest BCUT2D eigenvalue weighted by Crippen LogP contribution is 2.33. The molecule has 0 bridgehead atoms. The zero-order valence-corrected chi connectivity index (χ0v) is 12.9. The van der Waals surface area contributed by atoms with Crippen LogP contribution < -0.4 is 5.32 Å². The van der Waals surface area contributed by atoms with E-state index in [0.717, 1.165) is 30.4 Å². The third kappa shape index (κ3) is 3.08. The summed E-state index contributed by atoms with van der Waals surface area (Å²) in [7, 11) is 0. The molecule has 5 nitrogen and oxygen atoms in total. The van der Waals surface area contributed by atoms with E-state index < -0.39 is 4.92 Å². The summed E-state index contributed by atoms with van der Waals surface area (Å²) >= 11 is 0. The van der Waals surface area contributed by atoms with Crippen LogP contribution in [0.5, 0.6) is 0 Å². The number of fused-ring (bicyclic) bond motifs is 1. The van der Waals surface area contributed by atoms with Gasteiger partial charge in [-0.05, 0) is 42.9 Å². The van der Waals surface area contributed by atoms with Gasteiger partial charge >= 0.3 is 0 Å². The van der Waals surface area contributed by atoms with Gasteiger partial charge in [0, 0.05) is 12.1 Å². The zero-order chi connectivity index (χ0) is 16.4. The molecular weight excluding hydrogens is 292 g/mol. The molecule has 1 unspecified atom stereocenters. The third-order valence-electron chi connectivity index (χ3n) is 4.38. The summed E-state index contributed by atoms with van der Waals surface area (Å²) in [5, 5.41) is 13.8. The Morgan fingerprint density at radius 3 is 2.83 bits per heavy atom. The zero-order valence-electron chi connectivity index (χ0n) is 12.9. The second-order valence-corrected chi connectivity index (χ2v) is 5.89. The number of aryl methyl sites for hydroxylation is 2. The van der Waals surface area contributed by atoms with E-state index >= 15 is 0 Å². The molecular formula is C18H18N2O3. The number of nitrogens with zero attached hydrogens (tertiary/aromatic N) is 1. The normalized spacial score (nSPS) is 16.5. The first kappa shape index (κ1) is 15.2. The van der Waals surface area contributed by atoms with Crippen molar-refractivity contribution in [3.8, 4) is 0 Å². The van der Waals surface area contributed by atoms with Gasteiger partial charge in [-0.15, -0.1) is 0 Å². The van der Waals surface area contributed by atoms with E-state index in [-0.39, 0.29) is 17.5 Å². The van der Waals surface area contributed by atoms with Crippen LogP contribution in [0.4, 0.5) is 11.4 Å². The number of hydrogen-bond donors (Lipinski definition) is 1. The smallest absolute Gasteiger partial charge is 0.271 e. The monoisotopic (exact) mass is 310 g/mol. The van der Waals surface area contributed by atoms with E-state index in [1.165, 1.54) is 17.7 Å². The van der Waals surface area contributed by atoms with E-state index in [2.05, 4.69) is 11.4 Å². The van der Waals surface area contributed by atoms with Gasteiger partial charge in [-0.25, -0.2) is 0 Å². The average Bonchev–Trinajstić information content (AvgIpc) is 2.56. The number of nitro groups is 1. The fourth-order valence-corrected chi connectivity index (χ4v) is 3.10. The Bertz CT molecular complexity index is 771. The van der Waals surface area contributed by atoms with Crippen molar-refractivity contribution in [2.75, 3.05) is 5.32 Å². The number of nitrogens with one attached hydrogen (secondary N) is 1. The minimum absolute atomic E-state index is 0.0186. The molecule has 5 heteroatoms. The van der Waals surface area contributed by atoms with E-state index in [4.69, 9.17) is 0 Å². The fraction of sp³-hybridized carbons (Fsp3) is 0.278. The van der Waals surface area contributed by atoms with Gasteiger partial charge in [0.2, 0.25) is 5.91 Å². The predicted octanol–water partition coefficient (Wildman–Crippen LogP) is 3.96. The van der Waals surface area contributed by atoms with Crippen molar-refractivity contribution >= 4 is 17.3 Å². The van der Waals surface area contributed by atoms with E-state index in [9.17, 15) is 14.9 Å². The van der Waals surface area contributed by atoms with Crippen molar-refractivity contribution < 1.29 is 9.72 Å². The quantitative estimate of drug-likeness (QED) is 0.689. The lowest BCUT2D eigenvalue weighted by molar-refractivity contribution is -0.384. The van der Waals surface area contributed by atoms with Crippen molar-refractivity contribution in [3.63, 3.8) is 0 Å². The summed E-state index contributed by atoms with van der Waals surface area (Å²) in [6.07, 6.45) is 2.77. The summed E-state index contributed by atoms with van der Waals surface area (Å²) in [4.78, 5) is 23.1. The summed E-state index contributed by atoms with van der Waals surface area (Å²) in [5.41, 5.74) is 3.59. The molecule has 1 amide bonds. The van der Waals surface area contributed by atoms with Crippen molar-refractivity contribution in [2.45, 2.75) is 32.1 Å². The minimum Gasteiger partial charge on any atom is -0.325 e. The number of benzene rings is 2. The molecule has 0 saturated carbocycles. The van der Waals surface area contributed by atoms with Crippen LogP contribution in [0.2, 0.25) is 0 Å². The van der Waals surface area contributed by atoms with Crippen LogP contribution in [0.3, 0.4) is 0 Å². The standard InChI is InChI=1S/C18H18N2O3/c1-12-9-10-14(20(22)23)11-17(12)19-18(21)16-8-4-6-13-5-2-3-7-15(13)16/h2-3,5,7,9-11,16H,4,6,8H2,1H3,(H,19,21). The number of nitro benzene ring substituents is 1. The van der Waals surface area contributed by atoms with Gasteiger partial charge in [-0.1, -0.05) is 30.3 Å². The Morgan fingerprint density at radius 1 is 1.26 bits per heavy atom. The molecule has 0 heterocycles. The third-order valence-corrected chi connectivity index (χ3v) is 4.38. The first-order valence-corrected chi connectivity index (χ1v) is 7.70. The summed E-state index contributed by atoms with van der Waals surface area (Å²) in [6, 6.07) is 12.5. The Kier molecular flexibility index (Phi) is 4.10. The van der Waals surface area contributed by atoms with Gasteiger partial charge in [0.1, 0.15) is 0 Å². The summed E-state index contributed by atoms with van der Waals surface area (Å²) < 4.78 is 0. The molecule has 0 fully saturated rings. The molecule has 0 spiro atoms. The maximum absolute atomic E-state index is 12.7. The van der Waals surface area contributed by atoms with Gasteiger partial charge < -0.3 is 5.32 Å². The lowest BCUT2D eigenvalue weighted by Crippen LogP contribution is -2.25. The van der Waals surface area contributed by atoms with E-state index in [1.54, 1.807) is 6.07 Å². The number of amides is 1. The van der Waals surface area contributed by atoms with Crippen molar-refractivity contribution in [2.24, 2.45) is 0 Å². The topological polar surface area (TPSA) is 72.2 Å². The number of carbonyl (C=O) groups is 1. The number of rotatable bonds is 3. The predicted molar refractivity (Wildman–Crippen MR) is 88.6 cm³/mol. The number of carbonyl (C=O) groups excluding carboxylic acids is 1. The van der Waals surface area contributed by atoms with Crippen LogP contribution in [0, 0.1) is 17.0 Å². The maximum atomic E-state index is 12.7. The molecule has 1 atom stereocenters. The van der Waals surface area contributed by atoms with Crippen LogP contribution in [-0.4, -0.2) is 10.8 Å². The molecule has 3 rings (SSSR count). The van der Waals surface area contributed by atoms with E-state index in [0.29, 0.717) is 5.69 Å². The van der Waals surface area contributed by atoms with Crippen molar-refractivity contribution in [3.05, 3.63) is 69.3 Å². The molecule has 2 aromatic carbocycles. The molecule has 2 aromatic rings.